The van der Waals surface area contributed by atoms with Gasteiger partial charge in [0.15, 0.2) is 0 Å². The van der Waals surface area contributed by atoms with E-state index in [1.165, 1.54) is 33.2 Å². The van der Waals surface area contributed by atoms with E-state index in [1.807, 2.05) is 0 Å². The maximum absolute atomic E-state index is 5.08. The van der Waals surface area contributed by atoms with E-state index in [9.17, 15) is 0 Å². The highest BCUT2D eigenvalue weighted by Crippen LogP contribution is 2.33. The Hall–Kier alpha value is -3.00. The van der Waals surface area contributed by atoms with E-state index in [2.05, 4.69) is 105 Å². The molecule has 134 valence electrons. The van der Waals surface area contributed by atoms with Gasteiger partial charge in [0.05, 0.1) is 17.0 Å². The first-order valence-corrected chi connectivity index (χ1v) is 9.48. The van der Waals surface area contributed by atoms with Crippen LogP contribution in [0.1, 0.15) is 36.5 Å². The third kappa shape index (κ3) is 3.12. The minimum Gasteiger partial charge on any atom is -0.248 e. The Labute approximate surface area is 161 Å². The molecule has 4 rings (SSSR count). The van der Waals surface area contributed by atoms with Crippen molar-refractivity contribution < 1.29 is 4.58 Å². The lowest BCUT2D eigenvalue weighted by Crippen LogP contribution is -2.20. The van der Waals surface area contributed by atoms with Gasteiger partial charge in [0.25, 0.3) is 0 Å². The van der Waals surface area contributed by atoms with Gasteiger partial charge in [-0.15, -0.1) is 0 Å². The summed E-state index contributed by atoms with van der Waals surface area (Å²) in [6, 6.07) is 21.5. The number of rotatable bonds is 2. The monoisotopic (exact) mass is 353 g/mol. The predicted octanol–water partition coefficient (Wildman–Crippen LogP) is 5.72. The smallest absolute Gasteiger partial charge is 0.207 e. The highest BCUT2D eigenvalue weighted by Gasteiger charge is 2.20. The van der Waals surface area contributed by atoms with Crippen molar-refractivity contribution in [2.75, 3.05) is 14.1 Å². The average Bonchev–Trinajstić information content (AvgIpc) is 2.68. The van der Waals surface area contributed by atoms with Crippen LogP contribution in [-0.4, -0.2) is 30.1 Å². The molecular weight excluding hydrogens is 328 g/mol. The molecule has 0 radical (unpaired) electrons. The molecule has 0 spiro atoms. The summed E-state index contributed by atoms with van der Waals surface area (Å²) in [5, 5.41) is 2.51. The highest BCUT2D eigenvalue weighted by molar-refractivity contribution is 6.25. The Balaban J connectivity index is 1.92. The second kappa shape index (κ2) is 6.96. The molecule has 0 fully saturated rings. The fourth-order valence-corrected chi connectivity index (χ4v) is 3.79. The maximum Gasteiger partial charge on any atom is 0.207 e. The van der Waals surface area contributed by atoms with Crippen LogP contribution in [0, 0.1) is 0 Å². The lowest BCUT2D eigenvalue weighted by Gasteiger charge is -2.15. The molecule has 0 aromatic heterocycles. The first kappa shape index (κ1) is 17.4. The average molecular weight is 353 g/mol. The molecule has 0 saturated heterocycles. The standard InChI is InChI=1S/C25H25N2/c1-17(2)18-13-14-23(20-10-6-5-9-19(18)20)26-24-15-16-25(27(3)4)22-12-8-7-11-21(22)24/h5-17H,1-4H3/q+1. The summed E-state index contributed by atoms with van der Waals surface area (Å²) in [5.74, 6) is 0.490. The lowest BCUT2D eigenvalue weighted by molar-refractivity contribution is -0.463. The van der Waals surface area contributed by atoms with Gasteiger partial charge in [-0.3, -0.25) is 0 Å². The van der Waals surface area contributed by atoms with Crippen molar-refractivity contribution >= 4 is 27.9 Å². The normalized spacial score (nSPS) is 14.9. The molecule has 3 aromatic carbocycles. The summed E-state index contributed by atoms with van der Waals surface area (Å²) >= 11 is 0. The summed E-state index contributed by atoms with van der Waals surface area (Å²) < 4.78 is 2.15. The topological polar surface area (TPSA) is 15.4 Å². The molecule has 3 aromatic rings. The van der Waals surface area contributed by atoms with Crippen molar-refractivity contribution in [3.05, 3.63) is 89.5 Å². The van der Waals surface area contributed by atoms with Crippen molar-refractivity contribution in [2.24, 2.45) is 4.99 Å². The van der Waals surface area contributed by atoms with Crippen molar-refractivity contribution in [3.63, 3.8) is 0 Å². The Morgan fingerprint density at radius 1 is 0.741 bits per heavy atom. The van der Waals surface area contributed by atoms with Gasteiger partial charge in [0.2, 0.25) is 5.71 Å². The number of hydrogen-bond donors (Lipinski definition) is 0. The third-order valence-corrected chi connectivity index (χ3v) is 5.16. The molecule has 1 aliphatic rings. The summed E-state index contributed by atoms with van der Waals surface area (Å²) in [4.78, 5) is 5.08. The molecule has 0 aliphatic heterocycles. The molecule has 2 nitrogen and oxygen atoms in total. The van der Waals surface area contributed by atoms with Crippen molar-refractivity contribution in [1.29, 1.82) is 0 Å². The zero-order chi connectivity index (χ0) is 19.0. The molecule has 0 heterocycles. The van der Waals surface area contributed by atoms with Crippen LogP contribution in [0.5, 0.6) is 0 Å². The molecule has 27 heavy (non-hydrogen) atoms. The molecule has 0 atom stereocenters. The minimum absolute atomic E-state index is 0.490. The van der Waals surface area contributed by atoms with E-state index < -0.39 is 0 Å². The number of allylic oxidation sites excluding steroid dienone is 2. The van der Waals surface area contributed by atoms with Gasteiger partial charge in [-0.05, 0) is 35.1 Å². The largest absolute Gasteiger partial charge is 0.248 e. The molecule has 1 aliphatic carbocycles. The number of fused-ring (bicyclic) bond motifs is 2. The molecule has 0 saturated carbocycles. The first-order valence-electron chi connectivity index (χ1n) is 9.48. The number of benzene rings is 3. The van der Waals surface area contributed by atoms with Crippen LogP contribution in [0.4, 0.5) is 5.69 Å². The minimum atomic E-state index is 0.490. The highest BCUT2D eigenvalue weighted by atomic mass is 14.9. The molecule has 2 heteroatoms. The van der Waals surface area contributed by atoms with Crippen LogP contribution in [0.15, 0.2) is 77.8 Å². The fourth-order valence-electron chi connectivity index (χ4n) is 3.79. The van der Waals surface area contributed by atoms with Crippen LogP contribution in [0.25, 0.3) is 10.8 Å². The van der Waals surface area contributed by atoms with Crippen molar-refractivity contribution in [3.8, 4) is 0 Å². The summed E-state index contributed by atoms with van der Waals surface area (Å²) in [7, 11) is 4.16. The molecule has 0 N–H and O–H groups in total. The summed E-state index contributed by atoms with van der Waals surface area (Å²) in [6.45, 7) is 4.48. The van der Waals surface area contributed by atoms with Crippen LogP contribution >= 0.6 is 0 Å². The van der Waals surface area contributed by atoms with Gasteiger partial charge >= 0.3 is 0 Å². The Morgan fingerprint density at radius 3 is 2.11 bits per heavy atom. The van der Waals surface area contributed by atoms with E-state index in [0.717, 1.165) is 11.4 Å². The van der Waals surface area contributed by atoms with Crippen molar-refractivity contribution in [1.82, 2.24) is 0 Å². The third-order valence-electron chi connectivity index (χ3n) is 5.16. The number of nitrogens with zero attached hydrogens (tertiary/aromatic N) is 2. The van der Waals surface area contributed by atoms with Gasteiger partial charge < -0.3 is 0 Å². The molecule has 0 amide bonds. The number of hydrogen-bond acceptors (Lipinski definition) is 1. The van der Waals surface area contributed by atoms with E-state index in [4.69, 9.17) is 4.99 Å². The van der Waals surface area contributed by atoms with Crippen LogP contribution in [-0.2, 0) is 0 Å². The van der Waals surface area contributed by atoms with Crippen LogP contribution < -0.4 is 0 Å². The zero-order valence-corrected chi connectivity index (χ0v) is 16.4. The number of aliphatic imine (C=N–C) groups is 1. The van der Waals surface area contributed by atoms with E-state index in [1.54, 1.807) is 0 Å². The van der Waals surface area contributed by atoms with Crippen LogP contribution in [0.2, 0.25) is 0 Å². The second-order valence-corrected chi connectivity index (χ2v) is 7.53. The van der Waals surface area contributed by atoms with Gasteiger partial charge in [-0.2, -0.15) is 0 Å². The summed E-state index contributed by atoms with van der Waals surface area (Å²) in [6.07, 6.45) is 4.29. The van der Waals surface area contributed by atoms with Gasteiger partial charge in [-0.1, -0.05) is 62.4 Å². The van der Waals surface area contributed by atoms with Gasteiger partial charge in [-0.25, -0.2) is 9.57 Å². The summed E-state index contributed by atoms with van der Waals surface area (Å²) in [5.41, 5.74) is 7.03. The van der Waals surface area contributed by atoms with E-state index in [-0.39, 0.29) is 0 Å². The predicted molar refractivity (Wildman–Crippen MR) is 116 cm³/mol. The van der Waals surface area contributed by atoms with Crippen LogP contribution in [0.3, 0.4) is 0 Å². The second-order valence-electron chi connectivity index (χ2n) is 7.53. The maximum atomic E-state index is 5.08. The zero-order valence-electron chi connectivity index (χ0n) is 16.4. The Kier molecular flexibility index (Phi) is 4.49. The lowest BCUT2D eigenvalue weighted by atomic mass is 9.92. The van der Waals surface area contributed by atoms with E-state index in [0.29, 0.717) is 5.92 Å². The SMILES string of the molecule is CC(C)c1ccc(N=C2C=CC(=[N+](C)C)c3ccccc32)c2ccccc12. The molecule has 0 bridgehead atoms. The first-order chi connectivity index (χ1) is 13.1. The van der Waals surface area contributed by atoms with Crippen molar-refractivity contribution in [2.45, 2.75) is 19.8 Å². The van der Waals surface area contributed by atoms with Gasteiger partial charge in [0.1, 0.15) is 14.1 Å². The Morgan fingerprint density at radius 2 is 1.41 bits per heavy atom. The molecule has 0 unspecified atom stereocenters. The molecular formula is C25H25N2+. The Bertz CT molecular complexity index is 1110. The fraction of sp³-hybridized carbons (Fsp3) is 0.200. The quantitative estimate of drug-likeness (QED) is 0.524. The van der Waals surface area contributed by atoms with E-state index >= 15 is 0 Å². The van der Waals surface area contributed by atoms with Gasteiger partial charge in [0, 0.05) is 17.0 Å².